The fraction of sp³-hybridized carbons (Fsp3) is 0.286. The van der Waals surface area contributed by atoms with Gasteiger partial charge in [-0.1, -0.05) is 45.4 Å². The molecule has 0 saturated carbocycles. The van der Waals surface area contributed by atoms with Gasteiger partial charge in [0.25, 0.3) is 5.91 Å². The number of halogens is 1. The molecule has 5 nitrogen and oxygen atoms in total. The van der Waals surface area contributed by atoms with Crippen LogP contribution >= 0.6 is 15.9 Å². The van der Waals surface area contributed by atoms with Crippen molar-refractivity contribution in [1.82, 2.24) is 10.3 Å². The molecule has 1 unspecified atom stereocenters. The fourth-order valence-corrected chi connectivity index (χ4v) is 2.71. The average Bonchev–Trinajstić information content (AvgIpc) is 2.68. The Morgan fingerprint density at radius 3 is 2.52 bits per heavy atom. The highest BCUT2D eigenvalue weighted by Crippen LogP contribution is 2.21. The van der Waals surface area contributed by atoms with Crippen LogP contribution in [-0.4, -0.2) is 16.0 Å². The molecular formula is C21H24BrN3O2. The van der Waals surface area contributed by atoms with Gasteiger partial charge < -0.3 is 10.4 Å². The summed E-state index contributed by atoms with van der Waals surface area (Å²) in [6.07, 6.45) is 3.05. The Balaban J connectivity index is 0.00000176. The number of carbonyl (C=O) groups excluding carboxylic acids is 1. The Bertz CT molecular complexity index is 811. The Morgan fingerprint density at radius 2 is 1.96 bits per heavy atom. The van der Waals surface area contributed by atoms with Crippen molar-refractivity contribution >= 4 is 27.9 Å². The molecule has 0 fully saturated rings. The topological polar surface area (TPSA) is 86.0 Å². The molecule has 0 aliphatic carbocycles. The monoisotopic (exact) mass is 429 g/mol. The van der Waals surface area contributed by atoms with Gasteiger partial charge in [0.1, 0.15) is 22.0 Å². The predicted molar refractivity (Wildman–Crippen MR) is 111 cm³/mol. The zero-order valence-corrected chi connectivity index (χ0v) is 17.3. The number of hydrogen-bond acceptors (Lipinski definition) is 4. The third-order valence-corrected chi connectivity index (χ3v) is 4.01. The van der Waals surface area contributed by atoms with Crippen LogP contribution < -0.4 is 5.32 Å². The van der Waals surface area contributed by atoms with E-state index in [9.17, 15) is 15.2 Å². The molecule has 2 aromatic rings. The number of rotatable bonds is 6. The number of hydrogen-bond donors (Lipinski definition) is 2. The van der Waals surface area contributed by atoms with Gasteiger partial charge in [0.2, 0.25) is 0 Å². The lowest BCUT2D eigenvalue weighted by atomic mass is 10.0. The summed E-state index contributed by atoms with van der Waals surface area (Å²) in [6.45, 7) is 6.02. The minimum absolute atomic E-state index is 0.00881. The number of nitrogens with zero attached hydrogens (tertiary/aromatic N) is 2. The smallest absolute Gasteiger partial charge is 0.262 e. The van der Waals surface area contributed by atoms with Crippen molar-refractivity contribution in [2.24, 2.45) is 0 Å². The number of aromatic nitrogens is 1. The molecule has 0 saturated heterocycles. The van der Waals surface area contributed by atoms with Crippen molar-refractivity contribution in [3.8, 4) is 11.8 Å². The van der Waals surface area contributed by atoms with E-state index in [0.717, 1.165) is 18.4 Å². The normalized spacial score (nSPS) is 11.6. The second kappa shape index (κ2) is 11.9. The van der Waals surface area contributed by atoms with Gasteiger partial charge in [-0.2, -0.15) is 5.26 Å². The predicted octanol–water partition coefficient (Wildman–Crippen LogP) is 5.14. The number of nitriles is 1. The first-order valence-electron chi connectivity index (χ1n) is 8.87. The molecule has 27 heavy (non-hydrogen) atoms. The van der Waals surface area contributed by atoms with E-state index in [1.54, 1.807) is 42.5 Å². The lowest BCUT2D eigenvalue weighted by molar-refractivity contribution is -0.117. The minimum Gasteiger partial charge on any atom is -0.508 e. The first-order valence-corrected chi connectivity index (χ1v) is 9.67. The summed E-state index contributed by atoms with van der Waals surface area (Å²) in [6, 6.07) is 13.7. The number of carbonyl (C=O) groups is 1. The van der Waals surface area contributed by atoms with Crippen molar-refractivity contribution in [2.45, 2.75) is 39.7 Å². The summed E-state index contributed by atoms with van der Waals surface area (Å²) >= 11 is 3.26. The molecule has 1 aromatic heterocycles. The number of aromatic hydroxyl groups is 1. The van der Waals surface area contributed by atoms with E-state index in [4.69, 9.17) is 0 Å². The van der Waals surface area contributed by atoms with E-state index < -0.39 is 5.91 Å². The molecule has 1 aromatic carbocycles. The highest BCUT2D eigenvalue weighted by atomic mass is 79.9. The number of nitrogens with one attached hydrogen (secondary N) is 1. The number of amides is 1. The van der Waals surface area contributed by atoms with Gasteiger partial charge in [0.05, 0.1) is 11.7 Å². The van der Waals surface area contributed by atoms with Crippen LogP contribution in [0.5, 0.6) is 5.75 Å². The van der Waals surface area contributed by atoms with Crippen LogP contribution in [0.3, 0.4) is 0 Å². The maximum absolute atomic E-state index is 12.5. The molecule has 0 aliphatic rings. The molecule has 0 spiro atoms. The summed E-state index contributed by atoms with van der Waals surface area (Å²) in [5.41, 5.74) is 1.40. The van der Waals surface area contributed by atoms with Crippen LogP contribution in [0.2, 0.25) is 0 Å². The van der Waals surface area contributed by atoms with Gasteiger partial charge >= 0.3 is 0 Å². The number of phenolic OH excluding ortho intramolecular Hbond substituents is 1. The van der Waals surface area contributed by atoms with Crippen molar-refractivity contribution in [3.05, 3.63) is 63.9 Å². The van der Waals surface area contributed by atoms with E-state index in [1.807, 2.05) is 26.8 Å². The number of pyridine rings is 1. The molecule has 0 radical (unpaired) electrons. The summed E-state index contributed by atoms with van der Waals surface area (Å²) in [4.78, 5) is 16.7. The van der Waals surface area contributed by atoms with Gasteiger partial charge in [-0.3, -0.25) is 4.79 Å². The van der Waals surface area contributed by atoms with E-state index in [-0.39, 0.29) is 17.4 Å². The third kappa shape index (κ3) is 7.24. The molecule has 1 amide bonds. The van der Waals surface area contributed by atoms with E-state index >= 15 is 0 Å². The lowest BCUT2D eigenvalue weighted by Gasteiger charge is -2.18. The van der Waals surface area contributed by atoms with Crippen molar-refractivity contribution in [3.63, 3.8) is 0 Å². The van der Waals surface area contributed by atoms with Crippen LogP contribution in [0, 0.1) is 11.3 Å². The van der Waals surface area contributed by atoms with Gasteiger partial charge in [-0.05, 0) is 58.3 Å². The second-order valence-corrected chi connectivity index (χ2v) is 6.27. The molecule has 1 atom stereocenters. The quantitative estimate of drug-likeness (QED) is 0.378. The molecule has 6 heteroatoms. The Labute approximate surface area is 168 Å². The Morgan fingerprint density at radius 1 is 1.30 bits per heavy atom. The molecular weight excluding hydrogens is 406 g/mol. The zero-order valence-electron chi connectivity index (χ0n) is 15.7. The molecule has 1 heterocycles. The highest BCUT2D eigenvalue weighted by molar-refractivity contribution is 9.10. The summed E-state index contributed by atoms with van der Waals surface area (Å²) < 4.78 is 0.631. The van der Waals surface area contributed by atoms with Gasteiger partial charge in [0, 0.05) is 0 Å². The lowest BCUT2D eigenvalue weighted by Crippen LogP contribution is -2.29. The molecule has 0 bridgehead atoms. The first-order chi connectivity index (χ1) is 13.0. The van der Waals surface area contributed by atoms with Crippen LogP contribution in [0.15, 0.2) is 52.6 Å². The fourth-order valence-electron chi connectivity index (χ4n) is 2.35. The summed E-state index contributed by atoms with van der Waals surface area (Å²) in [5, 5.41) is 21.6. The zero-order chi connectivity index (χ0) is 20.2. The average molecular weight is 430 g/mol. The van der Waals surface area contributed by atoms with Crippen LogP contribution in [0.4, 0.5) is 0 Å². The summed E-state index contributed by atoms with van der Waals surface area (Å²) in [7, 11) is 0. The molecule has 0 aliphatic heterocycles. The van der Waals surface area contributed by atoms with Crippen LogP contribution in [0.25, 0.3) is 6.08 Å². The molecule has 142 valence electrons. The van der Waals surface area contributed by atoms with Gasteiger partial charge in [-0.15, -0.1) is 0 Å². The Hall–Kier alpha value is -2.65. The third-order valence-electron chi connectivity index (χ3n) is 3.57. The maximum Gasteiger partial charge on any atom is 0.262 e. The van der Waals surface area contributed by atoms with E-state index in [1.165, 1.54) is 6.08 Å². The number of benzene rings is 1. The Kier molecular flexibility index (Phi) is 9.84. The largest absolute Gasteiger partial charge is 0.508 e. The first kappa shape index (κ1) is 22.4. The SMILES string of the molecule is CC.CCCC(NC(=O)/C(C#N)=C/c1cccc(Br)n1)c1ccc(O)cc1. The van der Waals surface area contributed by atoms with Gasteiger partial charge in [0.15, 0.2) is 0 Å². The van der Waals surface area contributed by atoms with E-state index in [0.29, 0.717) is 10.3 Å². The minimum atomic E-state index is -0.448. The van der Waals surface area contributed by atoms with Gasteiger partial charge in [-0.25, -0.2) is 4.98 Å². The molecule has 2 N–H and O–H groups in total. The van der Waals surface area contributed by atoms with Crippen molar-refractivity contribution in [1.29, 1.82) is 5.26 Å². The number of phenols is 1. The van der Waals surface area contributed by atoms with E-state index in [2.05, 4.69) is 26.2 Å². The van der Waals surface area contributed by atoms with Crippen LogP contribution in [0.1, 0.15) is 50.9 Å². The highest BCUT2D eigenvalue weighted by Gasteiger charge is 2.17. The van der Waals surface area contributed by atoms with Crippen molar-refractivity contribution < 1.29 is 9.90 Å². The summed E-state index contributed by atoms with van der Waals surface area (Å²) in [5.74, 6) is -0.278. The maximum atomic E-state index is 12.5. The van der Waals surface area contributed by atoms with Crippen molar-refractivity contribution in [2.75, 3.05) is 0 Å². The standard InChI is InChI=1S/C19H18BrN3O2.C2H6/c1-2-4-17(13-7-9-16(24)10-8-13)23-19(25)14(12-21)11-15-5-3-6-18(20)22-15;1-2/h3,5-11,17,24H,2,4H2,1H3,(H,23,25);1-2H3/b14-11+;. The second-order valence-electron chi connectivity index (χ2n) is 5.46. The molecule has 2 rings (SSSR count). The van der Waals surface area contributed by atoms with Crippen LogP contribution in [-0.2, 0) is 4.79 Å².